The van der Waals surface area contributed by atoms with Gasteiger partial charge in [-0.2, -0.15) is 4.98 Å². The zero-order valence-electron chi connectivity index (χ0n) is 15.3. The number of benzene rings is 2. The summed E-state index contributed by atoms with van der Waals surface area (Å²) in [6.07, 6.45) is 5.76. The standard InChI is InChI=1S/C21H23FN4O/c1-21(12-3-2-4-13-21)26-20-24-18-16(6-5-7-17(18)27)19(25-20)23-15-10-8-14(22)9-11-15/h5-11,27H,2-4,12-13H2,1H3,(H2,23,24,25,26). The number of rotatable bonds is 4. The molecule has 3 aromatic rings. The lowest BCUT2D eigenvalue weighted by Crippen LogP contribution is -2.37. The molecular formula is C21H23FN4O. The minimum absolute atomic E-state index is 0.0521. The Morgan fingerprint density at radius 1 is 1.00 bits per heavy atom. The molecule has 6 heteroatoms. The highest BCUT2D eigenvalue weighted by molar-refractivity contribution is 5.95. The van der Waals surface area contributed by atoms with Gasteiger partial charge in [-0.15, -0.1) is 0 Å². The van der Waals surface area contributed by atoms with Crippen LogP contribution in [0.4, 0.5) is 21.8 Å². The van der Waals surface area contributed by atoms with E-state index in [0.29, 0.717) is 22.7 Å². The van der Waals surface area contributed by atoms with Gasteiger partial charge in [-0.25, -0.2) is 9.37 Å². The van der Waals surface area contributed by atoms with Crippen LogP contribution in [0.5, 0.6) is 5.75 Å². The Labute approximate surface area is 157 Å². The van der Waals surface area contributed by atoms with E-state index in [4.69, 9.17) is 0 Å². The van der Waals surface area contributed by atoms with Gasteiger partial charge in [-0.3, -0.25) is 0 Å². The Bertz CT molecular complexity index is 952. The molecule has 0 aliphatic heterocycles. The average Bonchev–Trinajstić information content (AvgIpc) is 2.65. The zero-order valence-corrected chi connectivity index (χ0v) is 15.3. The van der Waals surface area contributed by atoms with E-state index < -0.39 is 0 Å². The minimum atomic E-state index is -0.293. The van der Waals surface area contributed by atoms with Crippen LogP contribution in [0.25, 0.3) is 10.9 Å². The summed E-state index contributed by atoms with van der Waals surface area (Å²) in [6, 6.07) is 11.3. The van der Waals surface area contributed by atoms with E-state index >= 15 is 0 Å². The number of nitrogens with zero attached hydrogens (tertiary/aromatic N) is 2. The SMILES string of the molecule is CC1(Nc2nc(Nc3ccc(F)cc3)c3cccc(O)c3n2)CCCCC1. The molecule has 1 fully saturated rings. The van der Waals surface area contributed by atoms with Crippen molar-refractivity contribution in [2.24, 2.45) is 0 Å². The molecule has 4 rings (SSSR count). The number of phenols is 1. The first kappa shape index (κ1) is 17.5. The van der Waals surface area contributed by atoms with Gasteiger partial charge in [0.15, 0.2) is 0 Å². The number of fused-ring (bicyclic) bond motifs is 1. The van der Waals surface area contributed by atoms with Gasteiger partial charge < -0.3 is 15.7 Å². The van der Waals surface area contributed by atoms with E-state index in [1.807, 2.05) is 6.07 Å². The van der Waals surface area contributed by atoms with Crippen molar-refractivity contribution in [2.45, 2.75) is 44.6 Å². The van der Waals surface area contributed by atoms with Crippen molar-refractivity contribution in [3.8, 4) is 5.75 Å². The highest BCUT2D eigenvalue weighted by Crippen LogP contribution is 2.34. The number of hydrogen-bond acceptors (Lipinski definition) is 5. The normalized spacial score (nSPS) is 16.2. The van der Waals surface area contributed by atoms with Crippen LogP contribution in [0.3, 0.4) is 0 Å². The first-order valence-corrected chi connectivity index (χ1v) is 9.33. The van der Waals surface area contributed by atoms with Crippen LogP contribution >= 0.6 is 0 Å². The second-order valence-electron chi connectivity index (χ2n) is 7.45. The number of anilines is 3. The Balaban J connectivity index is 1.74. The molecule has 140 valence electrons. The Morgan fingerprint density at radius 2 is 1.74 bits per heavy atom. The number of halogens is 1. The third-order valence-corrected chi connectivity index (χ3v) is 5.18. The van der Waals surface area contributed by atoms with Crippen molar-refractivity contribution >= 4 is 28.4 Å². The maximum absolute atomic E-state index is 13.2. The van der Waals surface area contributed by atoms with Gasteiger partial charge in [0.1, 0.15) is 22.9 Å². The fourth-order valence-electron chi connectivity index (χ4n) is 3.69. The van der Waals surface area contributed by atoms with Gasteiger partial charge in [0.05, 0.1) is 0 Å². The third kappa shape index (κ3) is 3.79. The second kappa shape index (κ2) is 7.02. The quantitative estimate of drug-likeness (QED) is 0.580. The Hall–Kier alpha value is -2.89. The number of nitrogens with one attached hydrogen (secondary N) is 2. The molecule has 0 unspecified atom stereocenters. The topological polar surface area (TPSA) is 70.1 Å². The van der Waals surface area contributed by atoms with Crippen LogP contribution in [0.15, 0.2) is 42.5 Å². The van der Waals surface area contributed by atoms with Crippen LogP contribution in [0.1, 0.15) is 39.0 Å². The molecule has 0 saturated heterocycles. The van der Waals surface area contributed by atoms with Gasteiger partial charge in [0, 0.05) is 16.6 Å². The van der Waals surface area contributed by atoms with Crippen LogP contribution in [-0.4, -0.2) is 20.6 Å². The summed E-state index contributed by atoms with van der Waals surface area (Å²) in [5.41, 5.74) is 1.15. The predicted octanol–water partition coefficient (Wildman–Crippen LogP) is 5.35. The minimum Gasteiger partial charge on any atom is -0.506 e. The molecule has 0 bridgehead atoms. The fraction of sp³-hybridized carbons (Fsp3) is 0.333. The van der Waals surface area contributed by atoms with Gasteiger partial charge in [-0.1, -0.05) is 25.3 Å². The zero-order chi connectivity index (χ0) is 18.9. The first-order chi connectivity index (χ1) is 13.0. The first-order valence-electron chi connectivity index (χ1n) is 9.33. The molecule has 1 aliphatic rings. The molecule has 0 atom stereocenters. The molecule has 3 N–H and O–H groups in total. The third-order valence-electron chi connectivity index (χ3n) is 5.18. The van der Waals surface area contributed by atoms with Gasteiger partial charge >= 0.3 is 0 Å². The van der Waals surface area contributed by atoms with Crippen molar-refractivity contribution in [1.29, 1.82) is 0 Å². The summed E-state index contributed by atoms with van der Waals surface area (Å²) >= 11 is 0. The number of phenolic OH excluding ortho intramolecular Hbond substituents is 1. The summed E-state index contributed by atoms with van der Waals surface area (Å²) in [4.78, 5) is 9.22. The van der Waals surface area contributed by atoms with Crippen molar-refractivity contribution < 1.29 is 9.50 Å². The predicted molar refractivity (Wildman–Crippen MR) is 106 cm³/mol. The summed E-state index contributed by atoms with van der Waals surface area (Å²) in [6.45, 7) is 2.19. The van der Waals surface area contributed by atoms with E-state index in [1.54, 1.807) is 24.3 Å². The number of aromatic hydroxyl groups is 1. The molecule has 1 saturated carbocycles. The van der Waals surface area contributed by atoms with E-state index in [1.165, 1.54) is 31.4 Å². The molecule has 1 aromatic heterocycles. The summed E-state index contributed by atoms with van der Waals surface area (Å²) in [5, 5.41) is 17.7. The van der Waals surface area contributed by atoms with Crippen LogP contribution in [-0.2, 0) is 0 Å². The number of para-hydroxylation sites is 1. The highest BCUT2D eigenvalue weighted by atomic mass is 19.1. The Morgan fingerprint density at radius 3 is 2.48 bits per heavy atom. The molecule has 0 radical (unpaired) electrons. The molecule has 2 aromatic carbocycles. The maximum Gasteiger partial charge on any atom is 0.225 e. The number of aromatic nitrogens is 2. The van der Waals surface area contributed by atoms with Crippen molar-refractivity contribution in [1.82, 2.24) is 9.97 Å². The molecule has 5 nitrogen and oxygen atoms in total. The smallest absolute Gasteiger partial charge is 0.225 e. The molecule has 0 amide bonds. The van der Waals surface area contributed by atoms with Crippen LogP contribution < -0.4 is 10.6 Å². The largest absolute Gasteiger partial charge is 0.506 e. The molecule has 0 spiro atoms. The molecule has 1 aliphatic carbocycles. The highest BCUT2D eigenvalue weighted by Gasteiger charge is 2.27. The van der Waals surface area contributed by atoms with Crippen LogP contribution in [0.2, 0.25) is 0 Å². The number of hydrogen-bond donors (Lipinski definition) is 3. The lowest BCUT2D eigenvalue weighted by Gasteiger charge is -2.34. The summed E-state index contributed by atoms with van der Waals surface area (Å²) in [5.74, 6) is 0.870. The molecular weight excluding hydrogens is 343 g/mol. The average molecular weight is 366 g/mol. The summed E-state index contributed by atoms with van der Waals surface area (Å²) < 4.78 is 13.2. The fourth-order valence-corrected chi connectivity index (χ4v) is 3.69. The monoisotopic (exact) mass is 366 g/mol. The van der Waals surface area contributed by atoms with Crippen molar-refractivity contribution in [3.63, 3.8) is 0 Å². The molecule has 1 heterocycles. The van der Waals surface area contributed by atoms with Gasteiger partial charge in [0.2, 0.25) is 5.95 Å². The van der Waals surface area contributed by atoms with E-state index in [2.05, 4.69) is 27.5 Å². The lowest BCUT2D eigenvalue weighted by molar-refractivity contribution is 0.347. The van der Waals surface area contributed by atoms with Crippen molar-refractivity contribution in [2.75, 3.05) is 10.6 Å². The van der Waals surface area contributed by atoms with Crippen LogP contribution in [0, 0.1) is 5.82 Å². The summed E-state index contributed by atoms with van der Waals surface area (Å²) in [7, 11) is 0. The van der Waals surface area contributed by atoms with Crippen molar-refractivity contribution in [3.05, 3.63) is 48.3 Å². The maximum atomic E-state index is 13.2. The Kier molecular flexibility index (Phi) is 4.56. The van der Waals surface area contributed by atoms with Gasteiger partial charge in [0.25, 0.3) is 0 Å². The van der Waals surface area contributed by atoms with E-state index in [-0.39, 0.29) is 17.1 Å². The molecule has 27 heavy (non-hydrogen) atoms. The lowest BCUT2D eigenvalue weighted by atomic mass is 9.83. The van der Waals surface area contributed by atoms with Gasteiger partial charge in [-0.05, 0) is 56.2 Å². The van der Waals surface area contributed by atoms with E-state index in [9.17, 15) is 9.50 Å². The van der Waals surface area contributed by atoms with E-state index in [0.717, 1.165) is 18.5 Å². The second-order valence-corrected chi connectivity index (χ2v) is 7.45.